The van der Waals surface area contributed by atoms with Crippen molar-refractivity contribution in [3.63, 3.8) is 0 Å². The maximum atomic E-state index is 11.5. The van der Waals surface area contributed by atoms with Crippen molar-refractivity contribution in [2.45, 2.75) is 39.7 Å². The summed E-state index contributed by atoms with van der Waals surface area (Å²) in [7, 11) is 0. The first-order valence-corrected chi connectivity index (χ1v) is 8.20. The van der Waals surface area contributed by atoms with E-state index in [1.165, 1.54) is 0 Å². The molecule has 0 bridgehead atoms. The molecule has 6 heteroatoms. The second-order valence-electron chi connectivity index (χ2n) is 5.94. The Morgan fingerprint density at radius 3 is 2.71 bits per heavy atom. The lowest BCUT2D eigenvalue weighted by atomic mass is 9.99. The van der Waals surface area contributed by atoms with Crippen LogP contribution in [0.1, 0.15) is 33.0 Å². The number of carboxylic acids is 1. The average Bonchev–Trinajstić information content (AvgIpc) is 2.97. The molecule has 126 valence electrons. The van der Waals surface area contributed by atoms with Crippen LogP contribution in [0.15, 0.2) is 28.7 Å². The van der Waals surface area contributed by atoms with Gasteiger partial charge in [-0.25, -0.2) is 9.97 Å². The molecule has 3 rings (SSSR count). The highest BCUT2D eigenvalue weighted by Gasteiger charge is 2.21. The summed E-state index contributed by atoms with van der Waals surface area (Å²) in [6, 6.07) is 6.75. The van der Waals surface area contributed by atoms with E-state index in [9.17, 15) is 9.90 Å². The van der Waals surface area contributed by atoms with Crippen LogP contribution in [-0.4, -0.2) is 22.0 Å². The zero-order chi connectivity index (χ0) is 17.3. The topological polar surface area (TPSA) is 91.1 Å². The number of nitrogens with zero attached hydrogens (tertiary/aromatic N) is 2. The average molecular weight is 326 g/mol. The molecular weight excluding hydrogens is 306 g/mol. The van der Waals surface area contributed by atoms with Gasteiger partial charge in [-0.2, -0.15) is 0 Å². The first-order valence-electron chi connectivity index (χ1n) is 8.20. The molecule has 0 saturated carbocycles. The minimum absolute atomic E-state index is 0.102. The molecule has 1 aromatic carbocycles. The number of para-hydroxylation sites is 1. The van der Waals surface area contributed by atoms with E-state index in [1.807, 2.05) is 45.0 Å². The number of benzene rings is 1. The van der Waals surface area contributed by atoms with Crippen LogP contribution < -0.4 is 10.4 Å². The van der Waals surface area contributed by atoms with Gasteiger partial charge in [0.2, 0.25) is 0 Å². The van der Waals surface area contributed by atoms with Crippen molar-refractivity contribution in [2.24, 2.45) is 5.92 Å². The molecule has 0 spiro atoms. The van der Waals surface area contributed by atoms with Gasteiger partial charge in [-0.05, 0) is 18.1 Å². The number of rotatable bonds is 6. The molecule has 2 atom stereocenters. The molecular formula is C18H20N3O3-. The highest BCUT2D eigenvalue weighted by molar-refractivity contribution is 6.05. The Bertz CT molecular complexity index is 888. The van der Waals surface area contributed by atoms with Crippen LogP contribution >= 0.6 is 0 Å². The maximum absolute atomic E-state index is 11.5. The molecule has 0 aliphatic carbocycles. The lowest BCUT2D eigenvalue weighted by molar-refractivity contribution is -0.307. The lowest BCUT2D eigenvalue weighted by Gasteiger charge is -2.25. The molecule has 0 fully saturated rings. The minimum Gasteiger partial charge on any atom is -0.548 e. The van der Waals surface area contributed by atoms with Crippen LogP contribution in [0.3, 0.4) is 0 Å². The van der Waals surface area contributed by atoms with E-state index < -0.39 is 12.0 Å². The zero-order valence-corrected chi connectivity index (χ0v) is 14.0. The molecule has 3 aromatic rings. The van der Waals surface area contributed by atoms with E-state index in [0.29, 0.717) is 41.2 Å². The minimum atomic E-state index is -1.15. The summed E-state index contributed by atoms with van der Waals surface area (Å²) < 4.78 is 5.88. The Hall–Kier alpha value is -2.63. The second-order valence-corrected chi connectivity index (χ2v) is 5.94. The van der Waals surface area contributed by atoms with Crippen molar-refractivity contribution < 1.29 is 14.3 Å². The van der Waals surface area contributed by atoms with Crippen molar-refractivity contribution in [1.82, 2.24) is 9.97 Å². The summed E-state index contributed by atoms with van der Waals surface area (Å²) in [6.07, 6.45) is 1.35. The number of aliphatic carboxylic acids is 1. The van der Waals surface area contributed by atoms with E-state index in [4.69, 9.17) is 4.42 Å². The van der Waals surface area contributed by atoms with E-state index in [1.54, 1.807) is 0 Å². The molecule has 0 radical (unpaired) electrons. The van der Waals surface area contributed by atoms with E-state index in [-0.39, 0.29) is 5.92 Å². The SMILES string of the molecule is CCc1nc(N[C@H](C(=O)[O-])[C@@H](C)CC)c2oc3ccccc3c2n1. The number of aryl methyl sites for hydroxylation is 1. The monoisotopic (exact) mass is 326 g/mol. The fraction of sp³-hybridized carbons (Fsp3) is 0.389. The number of hydrogen-bond acceptors (Lipinski definition) is 6. The number of hydrogen-bond donors (Lipinski definition) is 1. The Balaban J connectivity index is 2.17. The number of carbonyl (C=O) groups excluding carboxylic acids is 1. The number of aromatic nitrogens is 2. The summed E-state index contributed by atoms with van der Waals surface area (Å²) in [5.74, 6) is -0.208. The molecule has 0 aliphatic rings. The Morgan fingerprint density at radius 2 is 2.04 bits per heavy atom. The summed E-state index contributed by atoms with van der Waals surface area (Å²) in [5, 5.41) is 15.4. The largest absolute Gasteiger partial charge is 0.548 e. The zero-order valence-electron chi connectivity index (χ0n) is 14.0. The van der Waals surface area contributed by atoms with Crippen molar-refractivity contribution in [2.75, 3.05) is 5.32 Å². The smallest absolute Gasteiger partial charge is 0.196 e. The first kappa shape index (κ1) is 16.2. The third-order valence-corrected chi connectivity index (χ3v) is 4.34. The Kier molecular flexibility index (Phi) is 4.38. The third kappa shape index (κ3) is 2.79. The lowest BCUT2D eigenvalue weighted by Crippen LogP contribution is -2.45. The Morgan fingerprint density at radius 1 is 1.29 bits per heavy atom. The van der Waals surface area contributed by atoms with Gasteiger partial charge < -0.3 is 19.6 Å². The normalized spacial score (nSPS) is 14.0. The number of furan rings is 1. The molecule has 0 amide bonds. The van der Waals surface area contributed by atoms with E-state index in [2.05, 4.69) is 15.3 Å². The van der Waals surface area contributed by atoms with Gasteiger partial charge in [-0.3, -0.25) is 0 Å². The molecule has 24 heavy (non-hydrogen) atoms. The Labute approximate surface area is 139 Å². The van der Waals surface area contributed by atoms with Crippen LogP contribution in [-0.2, 0) is 11.2 Å². The quantitative estimate of drug-likeness (QED) is 0.748. The van der Waals surface area contributed by atoms with Crippen LogP contribution in [0.25, 0.3) is 22.1 Å². The summed E-state index contributed by atoms with van der Waals surface area (Å²) in [4.78, 5) is 20.5. The van der Waals surface area contributed by atoms with Crippen LogP contribution in [0.2, 0.25) is 0 Å². The van der Waals surface area contributed by atoms with Crippen LogP contribution in [0, 0.1) is 5.92 Å². The fourth-order valence-electron chi connectivity index (χ4n) is 2.71. The third-order valence-electron chi connectivity index (χ3n) is 4.34. The molecule has 6 nitrogen and oxygen atoms in total. The predicted octanol–water partition coefficient (Wildman–Crippen LogP) is 2.51. The highest BCUT2D eigenvalue weighted by atomic mass is 16.4. The summed E-state index contributed by atoms with van der Waals surface area (Å²) in [6.45, 7) is 5.76. The fourth-order valence-corrected chi connectivity index (χ4v) is 2.71. The van der Waals surface area contributed by atoms with Gasteiger partial charge in [0.05, 0.1) is 12.0 Å². The van der Waals surface area contributed by atoms with Gasteiger partial charge in [-0.1, -0.05) is 39.3 Å². The molecule has 0 aliphatic heterocycles. The molecule has 2 aromatic heterocycles. The predicted molar refractivity (Wildman–Crippen MR) is 90.6 cm³/mol. The molecule has 0 saturated heterocycles. The standard InChI is InChI=1S/C18H21N3O3/c1-4-10(3)14(18(22)23)21-17-16-15(19-13(5-2)20-17)11-8-6-7-9-12(11)24-16/h6-10,14H,4-5H2,1-3H3,(H,22,23)(H,19,20,21)/p-1/t10-,14-/m0/s1. The van der Waals surface area contributed by atoms with Gasteiger partial charge in [0.15, 0.2) is 11.4 Å². The first-order chi connectivity index (χ1) is 11.5. The van der Waals surface area contributed by atoms with Crippen molar-refractivity contribution >= 4 is 33.9 Å². The van der Waals surface area contributed by atoms with Gasteiger partial charge >= 0.3 is 0 Å². The molecule has 2 heterocycles. The van der Waals surface area contributed by atoms with Gasteiger partial charge in [0.1, 0.15) is 16.9 Å². The van der Waals surface area contributed by atoms with E-state index in [0.717, 1.165) is 5.39 Å². The van der Waals surface area contributed by atoms with Gasteiger partial charge in [-0.15, -0.1) is 0 Å². The molecule has 0 unspecified atom stereocenters. The number of anilines is 1. The van der Waals surface area contributed by atoms with E-state index >= 15 is 0 Å². The summed E-state index contributed by atoms with van der Waals surface area (Å²) >= 11 is 0. The van der Waals surface area contributed by atoms with Crippen molar-refractivity contribution in [3.8, 4) is 0 Å². The highest BCUT2D eigenvalue weighted by Crippen LogP contribution is 2.32. The number of nitrogens with one attached hydrogen (secondary N) is 1. The van der Waals surface area contributed by atoms with Crippen molar-refractivity contribution in [3.05, 3.63) is 30.1 Å². The van der Waals surface area contributed by atoms with Crippen LogP contribution in [0.4, 0.5) is 5.82 Å². The molecule has 1 N–H and O–H groups in total. The number of carboxylic acid groups (broad SMARTS) is 1. The maximum Gasteiger partial charge on any atom is 0.196 e. The summed E-state index contributed by atoms with van der Waals surface area (Å²) in [5.41, 5.74) is 1.87. The second kappa shape index (κ2) is 6.47. The number of fused-ring (bicyclic) bond motifs is 3. The van der Waals surface area contributed by atoms with Gasteiger partial charge in [0, 0.05) is 11.8 Å². The number of carbonyl (C=O) groups is 1. The van der Waals surface area contributed by atoms with Crippen LogP contribution in [0.5, 0.6) is 0 Å². The van der Waals surface area contributed by atoms with Crippen molar-refractivity contribution in [1.29, 1.82) is 0 Å². The van der Waals surface area contributed by atoms with Gasteiger partial charge in [0.25, 0.3) is 0 Å².